The number of fused-ring (bicyclic) bond motifs is 1. The van der Waals surface area contributed by atoms with E-state index < -0.39 is 0 Å². The predicted octanol–water partition coefficient (Wildman–Crippen LogP) is 4.29. The minimum atomic E-state index is 0.0124. The molecule has 1 saturated carbocycles. The Morgan fingerprint density at radius 2 is 1.91 bits per heavy atom. The molecular weight excluding hydrogens is 342 g/mol. The summed E-state index contributed by atoms with van der Waals surface area (Å²) in [6.45, 7) is 0. The maximum Gasteiger partial charge on any atom is 0.252 e. The maximum absolute atomic E-state index is 12.7. The maximum atomic E-state index is 12.7. The first-order valence-corrected chi connectivity index (χ1v) is 8.48. The van der Waals surface area contributed by atoms with E-state index in [9.17, 15) is 4.79 Å². The molecule has 3 rings (SSSR count). The number of rotatable bonds is 3. The highest BCUT2D eigenvalue weighted by Gasteiger charge is 2.23. The van der Waals surface area contributed by atoms with Crippen LogP contribution in [0.2, 0.25) is 0 Å². The van der Waals surface area contributed by atoms with Crippen molar-refractivity contribution >= 4 is 32.6 Å². The number of ether oxygens (including phenoxy) is 1. The molecule has 0 atom stereocenters. The van der Waals surface area contributed by atoms with Gasteiger partial charge in [-0.1, -0.05) is 40.2 Å². The lowest BCUT2D eigenvalue weighted by atomic mass is 9.92. The van der Waals surface area contributed by atoms with Crippen LogP contribution in [0.1, 0.15) is 36.0 Å². The van der Waals surface area contributed by atoms with E-state index in [1.165, 1.54) is 0 Å². The molecule has 0 aliphatic heterocycles. The molecule has 1 amide bonds. The number of benzene rings is 2. The molecular formula is C18H20BrNO2. The zero-order valence-electron chi connectivity index (χ0n) is 12.6. The van der Waals surface area contributed by atoms with Gasteiger partial charge in [-0.2, -0.15) is 0 Å². The van der Waals surface area contributed by atoms with Crippen molar-refractivity contribution in [1.29, 1.82) is 0 Å². The zero-order valence-corrected chi connectivity index (χ0v) is 14.2. The van der Waals surface area contributed by atoms with Crippen LogP contribution >= 0.6 is 15.9 Å². The fourth-order valence-electron chi connectivity index (χ4n) is 3.17. The third kappa shape index (κ3) is 3.33. The number of hydrogen-bond donors (Lipinski definition) is 1. The van der Waals surface area contributed by atoms with E-state index in [0.29, 0.717) is 6.10 Å². The summed E-state index contributed by atoms with van der Waals surface area (Å²) in [5, 5.41) is 5.25. The van der Waals surface area contributed by atoms with Crippen LogP contribution in [0.5, 0.6) is 0 Å². The highest BCUT2D eigenvalue weighted by Crippen LogP contribution is 2.25. The molecule has 0 radical (unpaired) electrons. The highest BCUT2D eigenvalue weighted by molar-refractivity contribution is 9.10. The lowest BCUT2D eigenvalue weighted by molar-refractivity contribution is 0.0599. The second kappa shape index (κ2) is 6.80. The Morgan fingerprint density at radius 1 is 1.18 bits per heavy atom. The van der Waals surface area contributed by atoms with Crippen molar-refractivity contribution in [3.05, 3.63) is 46.4 Å². The molecule has 1 aliphatic rings. The van der Waals surface area contributed by atoms with Crippen molar-refractivity contribution in [1.82, 2.24) is 5.32 Å². The Bertz CT molecular complexity index is 678. The molecule has 0 spiro atoms. The molecule has 3 nitrogen and oxygen atoms in total. The number of halogens is 1. The molecule has 2 aromatic rings. The van der Waals surface area contributed by atoms with Gasteiger partial charge in [-0.15, -0.1) is 0 Å². The van der Waals surface area contributed by atoms with Gasteiger partial charge in [-0.3, -0.25) is 4.79 Å². The van der Waals surface area contributed by atoms with E-state index >= 15 is 0 Å². The topological polar surface area (TPSA) is 38.3 Å². The van der Waals surface area contributed by atoms with Gasteiger partial charge in [0.2, 0.25) is 0 Å². The van der Waals surface area contributed by atoms with Gasteiger partial charge in [-0.05, 0) is 48.6 Å². The standard InChI is InChI=1S/C18H20BrNO2/c1-22-15-8-6-14(7-9-15)20-18(21)17-11-13(19)10-12-4-2-3-5-16(12)17/h2-5,10-11,14-15H,6-9H2,1H3,(H,20,21)/t14-,15-. The summed E-state index contributed by atoms with van der Waals surface area (Å²) in [5.74, 6) is 0.0124. The third-order valence-electron chi connectivity index (χ3n) is 4.41. The molecule has 1 N–H and O–H groups in total. The number of methoxy groups -OCH3 is 1. The van der Waals surface area contributed by atoms with Crippen LogP contribution in [-0.4, -0.2) is 25.2 Å². The number of nitrogens with one attached hydrogen (secondary N) is 1. The van der Waals surface area contributed by atoms with Crippen LogP contribution in [-0.2, 0) is 4.74 Å². The fourth-order valence-corrected chi connectivity index (χ4v) is 3.64. The van der Waals surface area contributed by atoms with Gasteiger partial charge >= 0.3 is 0 Å². The fraction of sp³-hybridized carbons (Fsp3) is 0.389. The minimum absolute atomic E-state index is 0.0124. The molecule has 1 fully saturated rings. The predicted molar refractivity (Wildman–Crippen MR) is 92.2 cm³/mol. The van der Waals surface area contributed by atoms with Gasteiger partial charge in [-0.25, -0.2) is 0 Å². The van der Waals surface area contributed by atoms with Gasteiger partial charge < -0.3 is 10.1 Å². The van der Waals surface area contributed by atoms with Crippen LogP contribution in [0.15, 0.2) is 40.9 Å². The van der Waals surface area contributed by atoms with Crippen molar-refractivity contribution in [3.63, 3.8) is 0 Å². The molecule has 4 heteroatoms. The molecule has 1 aliphatic carbocycles. The summed E-state index contributed by atoms with van der Waals surface area (Å²) in [6, 6.07) is 12.2. The molecule has 22 heavy (non-hydrogen) atoms. The quantitative estimate of drug-likeness (QED) is 0.885. The van der Waals surface area contributed by atoms with E-state index in [-0.39, 0.29) is 11.9 Å². The summed E-state index contributed by atoms with van der Waals surface area (Å²) in [5.41, 5.74) is 0.735. The van der Waals surface area contributed by atoms with Crippen molar-refractivity contribution in [2.45, 2.75) is 37.8 Å². The van der Waals surface area contributed by atoms with E-state index in [2.05, 4.69) is 21.2 Å². The Morgan fingerprint density at radius 3 is 2.64 bits per heavy atom. The molecule has 116 valence electrons. The summed E-state index contributed by atoms with van der Waals surface area (Å²) in [7, 11) is 1.76. The van der Waals surface area contributed by atoms with E-state index in [4.69, 9.17) is 4.74 Å². The van der Waals surface area contributed by atoms with Crippen molar-refractivity contribution in [2.75, 3.05) is 7.11 Å². The van der Waals surface area contributed by atoms with Crippen molar-refractivity contribution in [2.24, 2.45) is 0 Å². The third-order valence-corrected chi connectivity index (χ3v) is 4.87. The lowest BCUT2D eigenvalue weighted by Crippen LogP contribution is -2.39. The SMILES string of the molecule is CO[C@H]1CC[C@H](NC(=O)c2cc(Br)cc3ccccc23)CC1. The molecule has 0 unspecified atom stereocenters. The number of carbonyl (C=O) groups is 1. The summed E-state index contributed by atoms with van der Waals surface area (Å²) in [4.78, 5) is 12.7. The smallest absolute Gasteiger partial charge is 0.252 e. The number of hydrogen-bond acceptors (Lipinski definition) is 2. The first kappa shape index (κ1) is 15.5. The highest BCUT2D eigenvalue weighted by atomic mass is 79.9. The van der Waals surface area contributed by atoms with E-state index in [0.717, 1.165) is 46.5 Å². The van der Waals surface area contributed by atoms with Gasteiger partial charge in [0.05, 0.1) is 6.10 Å². The van der Waals surface area contributed by atoms with Gasteiger partial charge in [0, 0.05) is 23.2 Å². The Kier molecular flexibility index (Phi) is 4.79. The Hall–Kier alpha value is -1.39. The molecule has 0 aromatic heterocycles. The van der Waals surface area contributed by atoms with E-state index in [1.54, 1.807) is 7.11 Å². The Labute approximate surface area is 139 Å². The average Bonchev–Trinajstić information content (AvgIpc) is 2.54. The van der Waals surface area contributed by atoms with Gasteiger partial charge in [0.25, 0.3) is 5.91 Å². The molecule has 0 bridgehead atoms. The second-order valence-corrected chi connectivity index (χ2v) is 6.77. The van der Waals surface area contributed by atoms with Crippen LogP contribution in [0.4, 0.5) is 0 Å². The van der Waals surface area contributed by atoms with Crippen LogP contribution in [0.3, 0.4) is 0 Å². The average molecular weight is 362 g/mol. The first-order valence-electron chi connectivity index (χ1n) is 7.69. The van der Waals surface area contributed by atoms with Crippen molar-refractivity contribution in [3.8, 4) is 0 Å². The van der Waals surface area contributed by atoms with Crippen LogP contribution in [0.25, 0.3) is 10.8 Å². The van der Waals surface area contributed by atoms with Crippen LogP contribution in [0, 0.1) is 0 Å². The summed E-state index contributed by atoms with van der Waals surface area (Å²) in [6.07, 6.45) is 4.34. The zero-order chi connectivity index (χ0) is 15.5. The first-order chi connectivity index (χ1) is 10.7. The number of carbonyl (C=O) groups excluding carboxylic acids is 1. The van der Waals surface area contributed by atoms with Crippen molar-refractivity contribution < 1.29 is 9.53 Å². The largest absolute Gasteiger partial charge is 0.381 e. The minimum Gasteiger partial charge on any atom is -0.381 e. The Balaban J connectivity index is 1.78. The van der Waals surface area contributed by atoms with Gasteiger partial charge in [0.1, 0.15) is 0 Å². The second-order valence-electron chi connectivity index (χ2n) is 5.86. The molecule has 0 saturated heterocycles. The van der Waals surface area contributed by atoms with E-state index in [1.807, 2.05) is 36.4 Å². The van der Waals surface area contributed by atoms with Gasteiger partial charge in [0.15, 0.2) is 0 Å². The lowest BCUT2D eigenvalue weighted by Gasteiger charge is -2.28. The number of amides is 1. The van der Waals surface area contributed by atoms with Crippen LogP contribution < -0.4 is 5.32 Å². The monoisotopic (exact) mass is 361 g/mol. The molecule has 0 heterocycles. The molecule has 2 aromatic carbocycles. The summed E-state index contributed by atoms with van der Waals surface area (Å²) >= 11 is 3.50. The normalized spacial score (nSPS) is 21.7. The summed E-state index contributed by atoms with van der Waals surface area (Å²) < 4.78 is 6.31.